The molecule has 2 nitrogen and oxygen atoms in total. The van der Waals surface area contributed by atoms with Crippen LogP contribution in [0, 0.1) is 11.8 Å². The highest BCUT2D eigenvalue weighted by Crippen LogP contribution is 2.38. The van der Waals surface area contributed by atoms with Gasteiger partial charge in [0.2, 0.25) is 0 Å². The van der Waals surface area contributed by atoms with Gasteiger partial charge in [-0.1, -0.05) is 32.6 Å². The summed E-state index contributed by atoms with van der Waals surface area (Å²) in [7, 11) is 4.20. The van der Waals surface area contributed by atoms with Crippen LogP contribution in [-0.2, 0) is 4.79 Å². The second kappa shape index (κ2) is 6.39. The average molecular weight is 265 g/mol. The Hall–Kier alpha value is -0.370. The number of likely N-dealkylation sites (N-methyl/N-ethyl adjacent to an activating group) is 1. The molecule has 2 fully saturated rings. The zero-order valence-electron chi connectivity index (χ0n) is 13.1. The molecule has 2 aliphatic rings. The predicted molar refractivity (Wildman–Crippen MR) is 80.2 cm³/mol. The highest BCUT2D eigenvalue weighted by molar-refractivity contribution is 5.88. The van der Waals surface area contributed by atoms with Gasteiger partial charge in [-0.3, -0.25) is 9.69 Å². The Balaban J connectivity index is 1.92. The molecular formula is C17H31NO. The van der Waals surface area contributed by atoms with Crippen LogP contribution < -0.4 is 0 Å². The van der Waals surface area contributed by atoms with Crippen molar-refractivity contribution >= 4 is 5.78 Å². The molecule has 2 rings (SSSR count). The third-order valence-electron chi connectivity index (χ3n) is 5.73. The summed E-state index contributed by atoms with van der Waals surface area (Å²) < 4.78 is 0. The van der Waals surface area contributed by atoms with E-state index >= 15 is 0 Å². The molecule has 0 spiro atoms. The van der Waals surface area contributed by atoms with Gasteiger partial charge in [0.1, 0.15) is 0 Å². The van der Waals surface area contributed by atoms with Crippen molar-refractivity contribution in [2.24, 2.45) is 11.8 Å². The maximum absolute atomic E-state index is 12.8. The molecule has 0 aliphatic heterocycles. The maximum Gasteiger partial charge on any atom is 0.153 e. The SMILES string of the molecule is CC1CCC(C(=O)CCC2CCCC2)(N(C)C)CC1. The first kappa shape index (κ1) is 15.0. The normalized spacial score (nSPS) is 32.9. The van der Waals surface area contributed by atoms with Gasteiger partial charge in [0.05, 0.1) is 5.54 Å². The van der Waals surface area contributed by atoms with Gasteiger partial charge in [-0.05, 0) is 58.0 Å². The Morgan fingerprint density at radius 2 is 1.68 bits per heavy atom. The first-order valence-corrected chi connectivity index (χ1v) is 8.25. The van der Waals surface area contributed by atoms with Crippen LogP contribution >= 0.6 is 0 Å². The smallest absolute Gasteiger partial charge is 0.153 e. The van der Waals surface area contributed by atoms with E-state index in [1.165, 1.54) is 38.5 Å². The zero-order chi connectivity index (χ0) is 13.9. The molecule has 110 valence electrons. The largest absolute Gasteiger partial charge is 0.298 e. The van der Waals surface area contributed by atoms with Gasteiger partial charge in [0.15, 0.2) is 5.78 Å². The molecule has 0 saturated heterocycles. The molecule has 2 saturated carbocycles. The quantitative estimate of drug-likeness (QED) is 0.748. The fraction of sp³-hybridized carbons (Fsp3) is 0.941. The van der Waals surface area contributed by atoms with Gasteiger partial charge in [-0.15, -0.1) is 0 Å². The summed E-state index contributed by atoms with van der Waals surface area (Å²) in [5.41, 5.74) is -0.134. The van der Waals surface area contributed by atoms with E-state index in [0.29, 0.717) is 5.78 Å². The van der Waals surface area contributed by atoms with Crippen LogP contribution in [0.25, 0.3) is 0 Å². The predicted octanol–water partition coefficient (Wildman–Crippen LogP) is 4.04. The fourth-order valence-electron chi connectivity index (χ4n) is 4.08. The molecule has 2 aliphatic carbocycles. The number of rotatable bonds is 5. The molecule has 0 aromatic carbocycles. The van der Waals surface area contributed by atoms with E-state index in [-0.39, 0.29) is 5.54 Å². The molecule has 0 unspecified atom stereocenters. The second-order valence-electron chi connectivity index (χ2n) is 7.22. The van der Waals surface area contributed by atoms with Gasteiger partial charge >= 0.3 is 0 Å². The Bertz CT molecular complexity index is 296. The zero-order valence-corrected chi connectivity index (χ0v) is 13.1. The summed E-state index contributed by atoms with van der Waals surface area (Å²) >= 11 is 0. The van der Waals surface area contributed by atoms with Crippen molar-refractivity contribution in [1.29, 1.82) is 0 Å². The molecule has 0 radical (unpaired) electrons. The van der Waals surface area contributed by atoms with E-state index in [4.69, 9.17) is 0 Å². The standard InChI is InChI=1S/C17H31NO/c1-14-10-12-17(13-11-14,18(2)3)16(19)9-8-15-6-4-5-7-15/h14-15H,4-13H2,1-3H3. The van der Waals surface area contributed by atoms with Gasteiger partial charge in [-0.25, -0.2) is 0 Å². The van der Waals surface area contributed by atoms with E-state index in [2.05, 4.69) is 25.9 Å². The molecule has 0 N–H and O–H groups in total. The van der Waals surface area contributed by atoms with Crippen molar-refractivity contribution < 1.29 is 4.79 Å². The third kappa shape index (κ3) is 3.39. The highest BCUT2D eigenvalue weighted by Gasteiger charge is 2.42. The minimum absolute atomic E-state index is 0.134. The van der Waals surface area contributed by atoms with Crippen molar-refractivity contribution in [3.63, 3.8) is 0 Å². The van der Waals surface area contributed by atoms with Crippen LogP contribution in [0.2, 0.25) is 0 Å². The van der Waals surface area contributed by atoms with E-state index in [0.717, 1.165) is 37.5 Å². The lowest BCUT2D eigenvalue weighted by Crippen LogP contribution is -2.53. The van der Waals surface area contributed by atoms with Crippen molar-refractivity contribution in [3.05, 3.63) is 0 Å². The van der Waals surface area contributed by atoms with Gasteiger partial charge in [0.25, 0.3) is 0 Å². The first-order chi connectivity index (χ1) is 9.04. The maximum atomic E-state index is 12.8. The van der Waals surface area contributed by atoms with Crippen molar-refractivity contribution in [2.75, 3.05) is 14.1 Å². The van der Waals surface area contributed by atoms with Gasteiger partial charge in [-0.2, -0.15) is 0 Å². The summed E-state index contributed by atoms with van der Waals surface area (Å²) in [6.07, 6.45) is 12.0. The van der Waals surface area contributed by atoms with Crippen molar-refractivity contribution in [2.45, 2.75) is 76.7 Å². The Kier molecular flexibility index (Phi) is 5.05. The summed E-state index contributed by atoms with van der Waals surface area (Å²) in [5, 5.41) is 0. The highest BCUT2D eigenvalue weighted by atomic mass is 16.1. The van der Waals surface area contributed by atoms with Crippen LogP contribution in [0.15, 0.2) is 0 Å². The number of nitrogens with zero attached hydrogens (tertiary/aromatic N) is 1. The fourth-order valence-corrected chi connectivity index (χ4v) is 4.08. The monoisotopic (exact) mass is 265 g/mol. The minimum atomic E-state index is -0.134. The van der Waals surface area contributed by atoms with Crippen LogP contribution in [0.3, 0.4) is 0 Å². The molecule has 2 heteroatoms. The number of carbonyl (C=O) groups excluding carboxylic acids is 1. The van der Waals surface area contributed by atoms with Crippen molar-refractivity contribution in [1.82, 2.24) is 4.90 Å². The van der Waals surface area contributed by atoms with E-state index in [1.54, 1.807) is 0 Å². The van der Waals surface area contributed by atoms with Gasteiger partial charge in [0, 0.05) is 6.42 Å². The third-order valence-corrected chi connectivity index (χ3v) is 5.73. The lowest BCUT2D eigenvalue weighted by atomic mass is 9.72. The molecule has 19 heavy (non-hydrogen) atoms. The summed E-state index contributed by atoms with van der Waals surface area (Å²) in [4.78, 5) is 15.0. The Labute approximate surface area is 118 Å². The van der Waals surface area contributed by atoms with Crippen LogP contribution in [0.4, 0.5) is 0 Å². The summed E-state index contributed by atoms with van der Waals surface area (Å²) in [5.74, 6) is 2.16. The molecule has 0 atom stereocenters. The molecule has 0 bridgehead atoms. The van der Waals surface area contributed by atoms with E-state index in [1.807, 2.05) is 0 Å². The molecular weight excluding hydrogens is 234 g/mol. The Morgan fingerprint density at radius 1 is 1.11 bits per heavy atom. The summed E-state index contributed by atoms with van der Waals surface area (Å²) in [6.45, 7) is 2.32. The minimum Gasteiger partial charge on any atom is -0.298 e. The number of hydrogen-bond donors (Lipinski definition) is 0. The topological polar surface area (TPSA) is 20.3 Å². The lowest BCUT2D eigenvalue weighted by molar-refractivity contribution is -0.132. The molecule has 0 amide bonds. The van der Waals surface area contributed by atoms with Gasteiger partial charge < -0.3 is 0 Å². The van der Waals surface area contributed by atoms with Crippen LogP contribution in [0.1, 0.15) is 71.1 Å². The van der Waals surface area contributed by atoms with Crippen LogP contribution in [0.5, 0.6) is 0 Å². The van der Waals surface area contributed by atoms with E-state index < -0.39 is 0 Å². The van der Waals surface area contributed by atoms with Crippen molar-refractivity contribution in [3.8, 4) is 0 Å². The lowest BCUT2D eigenvalue weighted by Gasteiger charge is -2.43. The average Bonchev–Trinajstić information content (AvgIpc) is 2.90. The Morgan fingerprint density at radius 3 is 2.21 bits per heavy atom. The summed E-state index contributed by atoms with van der Waals surface area (Å²) in [6, 6.07) is 0. The second-order valence-corrected chi connectivity index (χ2v) is 7.22. The molecule has 0 aromatic heterocycles. The first-order valence-electron chi connectivity index (χ1n) is 8.25. The number of hydrogen-bond acceptors (Lipinski definition) is 2. The number of ketones is 1. The van der Waals surface area contributed by atoms with E-state index in [9.17, 15) is 4.79 Å². The number of carbonyl (C=O) groups is 1. The number of Topliss-reactive ketones (excluding diaryl/α,β-unsaturated/α-hetero) is 1. The molecule has 0 aromatic rings. The van der Waals surface area contributed by atoms with Crippen LogP contribution in [-0.4, -0.2) is 30.3 Å². The molecule has 0 heterocycles.